The van der Waals surface area contributed by atoms with Crippen LogP contribution in [0, 0.1) is 6.92 Å². The standard InChI is InChI=1S/C19H24N6O4/c1-12-9-15(25(22-12)13-5-3-2-4-6-13)16-11-23(7-8-24(16)19(28)29)18(27)14(20)10-17(21)26/h2-6,9,14,16H,7-8,10-11,20H2,1H3,(H2,21,26)(H,28,29)/t14?,16-/m0/s1. The Labute approximate surface area is 167 Å². The number of nitrogens with zero attached hydrogens (tertiary/aromatic N) is 4. The normalized spacial score (nSPS) is 17.8. The molecular formula is C19H24N6O4. The highest BCUT2D eigenvalue weighted by Gasteiger charge is 2.37. The van der Waals surface area contributed by atoms with Gasteiger partial charge in [0, 0.05) is 19.6 Å². The Morgan fingerprint density at radius 2 is 1.93 bits per heavy atom. The summed E-state index contributed by atoms with van der Waals surface area (Å²) in [6, 6.07) is 9.48. The maximum Gasteiger partial charge on any atom is 0.407 e. The molecule has 1 aromatic heterocycles. The minimum atomic E-state index is -1.08. The van der Waals surface area contributed by atoms with E-state index in [-0.39, 0.29) is 26.1 Å². The summed E-state index contributed by atoms with van der Waals surface area (Å²) in [5.74, 6) is -1.09. The second kappa shape index (κ2) is 8.31. The van der Waals surface area contributed by atoms with E-state index in [4.69, 9.17) is 11.5 Å². The van der Waals surface area contributed by atoms with Gasteiger partial charge in [-0.1, -0.05) is 18.2 Å². The van der Waals surface area contributed by atoms with Gasteiger partial charge in [-0.2, -0.15) is 5.10 Å². The number of amides is 3. The summed E-state index contributed by atoms with van der Waals surface area (Å²) >= 11 is 0. The van der Waals surface area contributed by atoms with Crippen molar-refractivity contribution in [2.45, 2.75) is 25.4 Å². The average molecular weight is 400 g/mol. The Hall–Kier alpha value is -3.40. The Morgan fingerprint density at radius 1 is 1.24 bits per heavy atom. The van der Waals surface area contributed by atoms with Crippen molar-refractivity contribution >= 4 is 17.9 Å². The number of rotatable bonds is 5. The lowest BCUT2D eigenvalue weighted by Gasteiger charge is -2.40. The summed E-state index contributed by atoms with van der Waals surface area (Å²) in [5.41, 5.74) is 13.1. The van der Waals surface area contributed by atoms with Crippen molar-refractivity contribution in [1.82, 2.24) is 19.6 Å². The molecule has 2 heterocycles. The van der Waals surface area contributed by atoms with Crippen LogP contribution in [0.15, 0.2) is 36.4 Å². The number of para-hydroxylation sites is 1. The van der Waals surface area contributed by atoms with Crippen molar-refractivity contribution < 1.29 is 19.5 Å². The average Bonchev–Trinajstić information content (AvgIpc) is 3.08. The monoisotopic (exact) mass is 400 g/mol. The Kier molecular flexibility index (Phi) is 5.83. The summed E-state index contributed by atoms with van der Waals surface area (Å²) in [5, 5.41) is 14.2. The van der Waals surface area contributed by atoms with Crippen molar-refractivity contribution in [3.05, 3.63) is 47.8 Å². The van der Waals surface area contributed by atoms with E-state index < -0.39 is 30.0 Å². The molecule has 1 aromatic carbocycles. The van der Waals surface area contributed by atoms with Gasteiger partial charge in [0.05, 0.1) is 35.6 Å². The Balaban J connectivity index is 1.94. The fourth-order valence-electron chi connectivity index (χ4n) is 3.54. The number of hydrogen-bond donors (Lipinski definition) is 3. The van der Waals surface area contributed by atoms with Crippen LogP contribution in [0.1, 0.15) is 23.9 Å². The third kappa shape index (κ3) is 4.37. The molecule has 3 amide bonds. The predicted octanol–water partition coefficient (Wildman–Crippen LogP) is 0.247. The maximum atomic E-state index is 12.7. The van der Waals surface area contributed by atoms with Crippen LogP contribution in [0.2, 0.25) is 0 Å². The van der Waals surface area contributed by atoms with Gasteiger partial charge in [-0.25, -0.2) is 9.48 Å². The first kappa shape index (κ1) is 20.3. The van der Waals surface area contributed by atoms with Crippen molar-refractivity contribution in [3.8, 4) is 5.69 Å². The van der Waals surface area contributed by atoms with Gasteiger partial charge in [0.1, 0.15) is 0 Å². The molecule has 2 atom stereocenters. The molecule has 0 saturated carbocycles. The summed E-state index contributed by atoms with van der Waals surface area (Å²) < 4.78 is 1.69. The quantitative estimate of drug-likeness (QED) is 0.655. The fourth-order valence-corrected chi connectivity index (χ4v) is 3.54. The molecule has 2 aromatic rings. The molecule has 0 spiro atoms. The van der Waals surface area contributed by atoms with Crippen LogP contribution in [-0.4, -0.2) is 68.3 Å². The lowest BCUT2D eigenvalue weighted by Crippen LogP contribution is -2.56. The maximum absolute atomic E-state index is 12.7. The second-order valence-electron chi connectivity index (χ2n) is 7.01. The van der Waals surface area contributed by atoms with Crippen molar-refractivity contribution in [3.63, 3.8) is 0 Å². The molecule has 10 heteroatoms. The lowest BCUT2D eigenvalue weighted by molar-refractivity contribution is -0.137. The zero-order valence-electron chi connectivity index (χ0n) is 16.1. The van der Waals surface area contributed by atoms with Crippen molar-refractivity contribution in [2.75, 3.05) is 19.6 Å². The number of benzene rings is 1. The zero-order chi connectivity index (χ0) is 21.1. The van der Waals surface area contributed by atoms with E-state index in [1.807, 2.05) is 43.3 Å². The Morgan fingerprint density at radius 3 is 2.55 bits per heavy atom. The Bertz CT molecular complexity index is 913. The molecule has 0 radical (unpaired) electrons. The van der Waals surface area contributed by atoms with E-state index in [9.17, 15) is 19.5 Å². The van der Waals surface area contributed by atoms with Crippen LogP contribution in [0.4, 0.5) is 4.79 Å². The zero-order valence-corrected chi connectivity index (χ0v) is 16.1. The lowest BCUT2D eigenvalue weighted by atomic mass is 10.1. The van der Waals surface area contributed by atoms with Gasteiger partial charge in [-0.3, -0.25) is 14.5 Å². The van der Waals surface area contributed by atoms with E-state index in [0.29, 0.717) is 5.69 Å². The molecule has 1 saturated heterocycles. The van der Waals surface area contributed by atoms with Gasteiger partial charge < -0.3 is 21.5 Å². The SMILES string of the molecule is Cc1cc([C@@H]2CN(C(=O)C(N)CC(N)=O)CCN2C(=O)O)n(-c2ccccc2)n1. The highest BCUT2D eigenvalue weighted by atomic mass is 16.4. The van der Waals surface area contributed by atoms with Crippen LogP contribution in [0.25, 0.3) is 5.69 Å². The first-order chi connectivity index (χ1) is 13.8. The number of aryl methyl sites for hydroxylation is 1. The van der Waals surface area contributed by atoms with Crippen molar-refractivity contribution in [2.24, 2.45) is 11.5 Å². The molecule has 154 valence electrons. The van der Waals surface area contributed by atoms with E-state index in [2.05, 4.69) is 5.10 Å². The molecule has 0 aliphatic carbocycles. The molecule has 1 fully saturated rings. The third-order valence-corrected chi connectivity index (χ3v) is 4.88. The molecule has 10 nitrogen and oxygen atoms in total. The number of carbonyl (C=O) groups is 3. The minimum absolute atomic E-state index is 0.107. The summed E-state index contributed by atoms with van der Waals surface area (Å²) in [7, 11) is 0. The number of hydrogen-bond acceptors (Lipinski definition) is 5. The number of piperazine rings is 1. The van der Waals surface area contributed by atoms with E-state index >= 15 is 0 Å². The smallest absolute Gasteiger partial charge is 0.407 e. The fraction of sp³-hybridized carbons (Fsp3) is 0.368. The van der Waals surface area contributed by atoms with Crippen molar-refractivity contribution in [1.29, 1.82) is 0 Å². The number of carbonyl (C=O) groups excluding carboxylic acids is 2. The summed E-state index contributed by atoms with van der Waals surface area (Å²) in [6.07, 6.45) is -1.34. The molecule has 1 aliphatic rings. The van der Waals surface area contributed by atoms with E-state index in [1.165, 1.54) is 9.80 Å². The first-order valence-electron chi connectivity index (χ1n) is 9.22. The highest BCUT2D eigenvalue weighted by molar-refractivity contribution is 5.87. The minimum Gasteiger partial charge on any atom is -0.465 e. The molecule has 0 bridgehead atoms. The van der Waals surface area contributed by atoms with Gasteiger partial charge in [0.2, 0.25) is 11.8 Å². The van der Waals surface area contributed by atoms with Crippen LogP contribution in [0.3, 0.4) is 0 Å². The first-order valence-corrected chi connectivity index (χ1v) is 9.22. The highest BCUT2D eigenvalue weighted by Crippen LogP contribution is 2.28. The second-order valence-corrected chi connectivity index (χ2v) is 7.01. The molecule has 5 N–H and O–H groups in total. The van der Waals surface area contributed by atoms with Gasteiger partial charge in [-0.05, 0) is 25.1 Å². The molecule has 3 rings (SSSR count). The van der Waals surface area contributed by atoms with E-state index in [0.717, 1.165) is 11.4 Å². The van der Waals surface area contributed by atoms with Gasteiger partial charge in [0.15, 0.2) is 0 Å². The molecule has 1 aliphatic heterocycles. The van der Waals surface area contributed by atoms with E-state index in [1.54, 1.807) is 4.68 Å². The largest absolute Gasteiger partial charge is 0.465 e. The molecule has 1 unspecified atom stereocenters. The molecule has 29 heavy (non-hydrogen) atoms. The third-order valence-electron chi connectivity index (χ3n) is 4.88. The number of aromatic nitrogens is 2. The topological polar surface area (TPSA) is 148 Å². The van der Waals surface area contributed by atoms with Crippen LogP contribution >= 0.6 is 0 Å². The summed E-state index contributed by atoms with van der Waals surface area (Å²) in [6.45, 7) is 2.23. The van der Waals surface area contributed by atoms with Gasteiger partial charge >= 0.3 is 6.09 Å². The molecular weight excluding hydrogens is 376 g/mol. The van der Waals surface area contributed by atoms with Gasteiger partial charge in [-0.15, -0.1) is 0 Å². The number of primary amides is 1. The van der Waals surface area contributed by atoms with Crippen LogP contribution in [-0.2, 0) is 9.59 Å². The number of carboxylic acid groups (broad SMARTS) is 1. The van der Waals surface area contributed by atoms with Gasteiger partial charge in [0.25, 0.3) is 0 Å². The predicted molar refractivity (Wildman–Crippen MR) is 104 cm³/mol. The summed E-state index contributed by atoms with van der Waals surface area (Å²) in [4.78, 5) is 38.4. The van der Waals surface area contributed by atoms with Crippen LogP contribution in [0.5, 0.6) is 0 Å². The number of nitrogens with two attached hydrogens (primary N) is 2. The van der Waals surface area contributed by atoms with Crippen LogP contribution < -0.4 is 11.5 Å².